The van der Waals surface area contributed by atoms with Gasteiger partial charge in [0.05, 0.1) is 11.3 Å². The highest BCUT2D eigenvalue weighted by atomic mass is 16.5. The second-order valence-electron chi connectivity index (χ2n) is 10.2. The standard InChI is InChI=1S/C27H29N5O5/c33-23-14-37-24-20(2-1-3-21(24)30-23)26(35)32-9-8-15-10-19(7-6-18(15)13-32)29-25(34)16-4-5-17-12-28-27(36)31-22(17)11-16/h1-5,11,15,18-19H,6-10,12-14H2,(H,29,34)(H,30,33)(H2,28,31,36). The maximum absolute atomic E-state index is 13.4. The first-order valence-corrected chi connectivity index (χ1v) is 12.8. The third-order valence-corrected chi connectivity index (χ3v) is 7.91. The number of fused-ring (bicyclic) bond motifs is 3. The van der Waals surface area contributed by atoms with Crippen molar-refractivity contribution in [3.05, 3.63) is 53.1 Å². The Morgan fingerprint density at radius 2 is 1.89 bits per heavy atom. The molecule has 2 aromatic rings. The normalized spacial score (nSPS) is 24.2. The second kappa shape index (κ2) is 9.42. The summed E-state index contributed by atoms with van der Waals surface area (Å²) >= 11 is 0. The summed E-state index contributed by atoms with van der Waals surface area (Å²) in [4.78, 5) is 51.4. The van der Waals surface area contributed by atoms with Gasteiger partial charge in [0.25, 0.3) is 17.7 Å². The molecule has 0 radical (unpaired) electrons. The minimum absolute atomic E-state index is 0.0726. The molecule has 37 heavy (non-hydrogen) atoms. The fraction of sp³-hybridized carbons (Fsp3) is 0.407. The monoisotopic (exact) mass is 503 g/mol. The molecule has 6 rings (SSSR count). The third kappa shape index (κ3) is 4.59. The molecule has 2 aromatic carbocycles. The molecule has 4 N–H and O–H groups in total. The Hall–Kier alpha value is -4.08. The zero-order chi connectivity index (χ0) is 25.5. The van der Waals surface area contributed by atoms with Gasteiger partial charge in [0, 0.05) is 36.9 Å². The summed E-state index contributed by atoms with van der Waals surface area (Å²) < 4.78 is 5.59. The van der Waals surface area contributed by atoms with Crippen LogP contribution in [0.25, 0.3) is 0 Å². The van der Waals surface area contributed by atoms with Gasteiger partial charge in [-0.3, -0.25) is 14.4 Å². The fourth-order valence-electron chi connectivity index (χ4n) is 5.98. The molecule has 10 heteroatoms. The summed E-state index contributed by atoms with van der Waals surface area (Å²) in [6.45, 7) is 1.69. The lowest BCUT2D eigenvalue weighted by molar-refractivity contribution is -0.118. The highest BCUT2D eigenvalue weighted by Crippen LogP contribution is 2.38. The van der Waals surface area contributed by atoms with Crippen LogP contribution >= 0.6 is 0 Å². The van der Waals surface area contributed by atoms with Gasteiger partial charge in [-0.15, -0.1) is 0 Å². The number of ether oxygens (including phenoxy) is 1. The van der Waals surface area contributed by atoms with Gasteiger partial charge in [-0.25, -0.2) is 4.79 Å². The van der Waals surface area contributed by atoms with Gasteiger partial charge in [-0.05, 0) is 67.3 Å². The lowest BCUT2D eigenvalue weighted by Gasteiger charge is -2.44. The number of likely N-dealkylation sites (tertiary alicyclic amines) is 1. The first-order valence-electron chi connectivity index (χ1n) is 12.8. The number of anilines is 2. The molecule has 1 aliphatic carbocycles. The van der Waals surface area contributed by atoms with E-state index >= 15 is 0 Å². The molecule has 3 unspecified atom stereocenters. The molecule has 3 atom stereocenters. The van der Waals surface area contributed by atoms with Gasteiger partial charge in [-0.2, -0.15) is 0 Å². The molecular formula is C27H29N5O5. The lowest BCUT2D eigenvalue weighted by Crippen LogP contribution is -2.49. The first kappa shape index (κ1) is 23.3. The highest BCUT2D eigenvalue weighted by molar-refractivity contribution is 6.03. The van der Waals surface area contributed by atoms with E-state index in [1.54, 1.807) is 30.3 Å². The molecule has 5 amide bonds. The number of para-hydroxylation sites is 1. The van der Waals surface area contributed by atoms with Crippen molar-refractivity contribution < 1.29 is 23.9 Å². The van der Waals surface area contributed by atoms with Crippen LogP contribution in [0.3, 0.4) is 0 Å². The van der Waals surface area contributed by atoms with Gasteiger partial charge < -0.3 is 30.9 Å². The smallest absolute Gasteiger partial charge is 0.319 e. The molecule has 192 valence electrons. The number of nitrogens with one attached hydrogen (secondary N) is 4. The number of carbonyl (C=O) groups is 4. The van der Waals surface area contributed by atoms with E-state index in [2.05, 4.69) is 21.3 Å². The van der Waals surface area contributed by atoms with Crippen LogP contribution in [0.4, 0.5) is 16.2 Å². The molecule has 10 nitrogen and oxygen atoms in total. The molecule has 4 aliphatic rings. The van der Waals surface area contributed by atoms with Gasteiger partial charge in [0.1, 0.15) is 0 Å². The Morgan fingerprint density at radius 3 is 2.78 bits per heavy atom. The van der Waals surface area contributed by atoms with E-state index in [0.717, 1.165) is 31.2 Å². The molecule has 3 aliphatic heterocycles. The van der Waals surface area contributed by atoms with E-state index in [1.165, 1.54) is 0 Å². The number of rotatable bonds is 3. The highest BCUT2D eigenvalue weighted by Gasteiger charge is 2.38. The summed E-state index contributed by atoms with van der Waals surface area (Å²) in [7, 11) is 0. The minimum atomic E-state index is -0.264. The van der Waals surface area contributed by atoms with Gasteiger partial charge in [0.15, 0.2) is 12.4 Å². The van der Waals surface area contributed by atoms with Crippen molar-refractivity contribution in [3.8, 4) is 5.75 Å². The number of benzene rings is 2. The first-order chi connectivity index (χ1) is 17.9. The van der Waals surface area contributed by atoms with Crippen molar-refractivity contribution in [2.75, 3.05) is 30.3 Å². The summed E-state index contributed by atoms with van der Waals surface area (Å²) in [5, 5.41) is 11.4. The van der Waals surface area contributed by atoms with Crippen LogP contribution in [0.1, 0.15) is 52.0 Å². The third-order valence-electron chi connectivity index (χ3n) is 7.91. The molecule has 0 spiro atoms. The van der Waals surface area contributed by atoms with E-state index in [1.807, 2.05) is 11.0 Å². The molecule has 3 heterocycles. The summed E-state index contributed by atoms with van der Waals surface area (Å²) in [6, 6.07) is 10.5. The predicted molar refractivity (Wildman–Crippen MR) is 135 cm³/mol. The number of piperidine rings is 1. The number of hydrogen-bond donors (Lipinski definition) is 4. The molecule has 2 fully saturated rings. The Labute approximate surface area is 214 Å². The van der Waals surface area contributed by atoms with Crippen molar-refractivity contribution >= 4 is 35.1 Å². The van der Waals surface area contributed by atoms with Crippen molar-refractivity contribution in [2.24, 2.45) is 11.8 Å². The Morgan fingerprint density at radius 1 is 1.00 bits per heavy atom. The van der Waals surface area contributed by atoms with Crippen LogP contribution in [-0.4, -0.2) is 54.4 Å². The Bertz CT molecular complexity index is 1290. The SMILES string of the molecule is O=C1COc2c(cccc2C(=O)N2CCC3CC(NC(=O)c4ccc5c(c4)NC(=O)NC5)CCC3C2)N1. The number of nitrogens with zero attached hydrogens (tertiary/aromatic N) is 1. The van der Waals surface area contributed by atoms with E-state index < -0.39 is 0 Å². The molecular weight excluding hydrogens is 474 g/mol. The largest absolute Gasteiger partial charge is 0.481 e. The van der Waals surface area contributed by atoms with Gasteiger partial charge in [0.2, 0.25) is 0 Å². The maximum Gasteiger partial charge on any atom is 0.319 e. The molecule has 0 bridgehead atoms. The minimum Gasteiger partial charge on any atom is -0.481 e. The van der Waals surface area contributed by atoms with E-state index in [4.69, 9.17) is 4.74 Å². The maximum atomic E-state index is 13.4. The van der Waals surface area contributed by atoms with Crippen molar-refractivity contribution in [1.82, 2.24) is 15.5 Å². The molecule has 1 saturated heterocycles. The Balaban J connectivity index is 1.06. The van der Waals surface area contributed by atoms with E-state index in [0.29, 0.717) is 59.7 Å². The molecule has 0 aromatic heterocycles. The number of amides is 5. The Kier molecular flexibility index (Phi) is 5.94. The van der Waals surface area contributed by atoms with Crippen LogP contribution in [0.2, 0.25) is 0 Å². The van der Waals surface area contributed by atoms with Crippen LogP contribution in [0.5, 0.6) is 5.75 Å². The van der Waals surface area contributed by atoms with Crippen molar-refractivity contribution in [3.63, 3.8) is 0 Å². The molecule has 1 saturated carbocycles. The van der Waals surface area contributed by atoms with Crippen LogP contribution in [-0.2, 0) is 11.3 Å². The van der Waals surface area contributed by atoms with Crippen LogP contribution in [0.15, 0.2) is 36.4 Å². The van der Waals surface area contributed by atoms with E-state index in [9.17, 15) is 19.2 Å². The van der Waals surface area contributed by atoms with Crippen LogP contribution in [0, 0.1) is 11.8 Å². The second-order valence-corrected chi connectivity index (χ2v) is 10.2. The van der Waals surface area contributed by atoms with E-state index in [-0.39, 0.29) is 36.4 Å². The number of urea groups is 1. The van der Waals surface area contributed by atoms with Crippen LogP contribution < -0.4 is 26.0 Å². The zero-order valence-corrected chi connectivity index (χ0v) is 20.3. The average Bonchev–Trinajstić information content (AvgIpc) is 2.91. The van der Waals surface area contributed by atoms with Gasteiger partial charge in [-0.1, -0.05) is 12.1 Å². The van der Waals surface area contributed by atoms with Crippen molar-refractivity contribution in [2.45, 2.75) is 38.3 Å². The predicted octanol–water partition coefficient (Wildman–Crippen LogP) is 2.71. The number of hydrogen-bond acceptors (Lipinski definition) is 5. The topological polar surface area (TPSA) is 129 Å². The van der Waals surface area contributed by atoms with Gasteiger partial charge >= 0.3 is 6.03 Å². The summed E-state index contributed by atoms with van der Waals surface area (Å²) in [6.07, 6.45) is 3.56. The lowest BCUT2D eigenvalue weighted by atomic mass is 9.73. The zero-order valence-electron chi connectivity index (χ0n) is 20.3. The summed E-state index contributed by atoms with van der Waals surface area (Å²) in [5.41, 5.74) is 3.17. The number of carbonyl (C=O) groups excluding carboxylic acids is 4. The quantitative estimate of drug-likeness (QED) is 0.512. The van der Waals surface area contributed by atoms with Crippen molar-refractivity contribution in [1.29, 1.82) is 0 Å². The fourth-order valence-corrected chi connectivity index (χ4v) is 5.98. The summed E-state index contributed by atoms with van der Waals surface area (Å²) in [5.74, 6) is 0.843. The average molecular weight is 504 g/mol.